The van der Waals surface area contributed by atoms with Crippen LogP contribution >= 0.6 is 12.4 Å². The molecule has 0 heterocycles. The van der Waals surface area contributed by atoms with Crippen molar-refractivity contribution in [3.63, 3.8) is 0 Å². The zero-order chi connectivity index (χ0) is 18.7. The van der Waals surface area contributed by atoms with Crippen molar-refractivity contribution in [1.29, 1.82) is 0 Å². The van der Waals surface area contributed by atoms with E-state index in [2.05, 4.69) is 10.6 Å². The molecule has 2 aromatic rings. The molecule has 3 rings (SSSR count). The van der Waals surface area contributed by atoms with Crippen LogP contribution in [0.15, 0.2) is 48.5 Å². The first kappa shape index (κ1) is 20.9. The molecule has 2 atom stereocenters. The Morgan fingerprint density at radius 2 is 1.74 bits per heavy atom. The van der Waals surface area contributed by atoms with E-state index >= 15 is 0 Å². The van der Waals surface area contributed by atoms with Crippen molar-refractivity contribution in [3.05, 3.63) is 59.7 Å². The quantitative estimate of drug-likeness (QED) is 0.699. The van der Waals surface area contributed by atoms with Gasteiger partial charge in [0.1, 0.15) is 0 Å². The molecule has 2 aromatic carbocycles. The van der Waals surface area contributed by atoms with Gasteiger partial charge < -0.3 is 16.4 Å². The van der Waals surface area contributed by atoms with Gasteiger partial charge in [-0.1, -0.05) is 43.3 Å². The predicted octanol–water partition coefficient (Wildman–Crippen LogP) is 4.04. The van der Waals surface area contributed by atoms with Gasteiger partial charge in [0, 0.05) is 23.3 Å². The van der Waals surface area contributed by atoms with Gasteiger partial charge >= 0.3 is 0 Å². The number of anilines is 2. The number of carbonyl (C=O) groups is 2. The third kappa shape index (κ3) is 5.31. The van der Waals surface area contributed by atoms with E-state index in [4.69, 9.17) is 5.73 Å². The minimum Gasteiger partial charge on any atom is -0.326 e. The van der Waals surface area contributed by atoms with Gasteiger partial charge in [0.05, 0.1) is 5.92 Å². The summed E-state index contributed by atoms with van der Waals surface area (Å²) in [5.41, 5.74) is 9.50. The Balaban J connectivity index is 0.00000261. The highest BCUT2D eigenvalue weighted by atomic mass is 35.5. The molecular formula is C21H26ClN3O2. The standard InChI is InChI=1S/C21H25N3O2.ClH/c1-13-8-11-17(23-21(26)16-9-10-16)12-18(13)24-20(25)14(2)19(22)15-6-4-3-5-7-15;/h3-8,11-12,14,16,19H,9-10,22H2,1-2H3,(H,23,26)(H,24,25);1H. The molecule has 0 bridgehead atoms. The average Bonchev–Trinajstić information content (AvgIpc) is 3.49. The van der Waals surface area contributed by atoms with Crippen LogP contribution in [0.2, 0.25) is 0 Å². The van der Waals surface area contributed by atoms with Gasteiger partial charge in [-0.25, -0.2) is 0 Å². The second kappa shape index (κ2) is 9.02. The van der Waals surface area contributed by atoms with Crippen LogP contribution in [0.5, 0.6) is 0 Å². The Morgan fingerprint density at radius 1 is 1.07 bits per heavy atom. The zero-order valence-corrected chi connectivity index (χ0v) is 16.4. The summed E-state index contributed by atoms with van der Waals surface area (Å²) < 4.78 is 0. The minimum absolute atomic E-state index is 0. The highest BCUT2D eigenvalue weighted by Gasteiger charge is 2.29. The van der Waals surface area contributed by atoms with E-state index in [-0.39, 0.29) is 42.1 Å². The topological polar surface area (TPSA) is 84.2 Å². The number of carbonyl (C=O) groups excluding carboxylic acids is 2. The number of benzene rings is 2. The lowest BCUT2D eigenvalue weighted by atomic mass is 9.94. The van der Waals surface area contributed by atoms with Gasteiger partial charge in [-0.15, -0.1) is 12.4 Å². The van der Waals surface area contributed by atoms with Crippen molar-refractivity contribution in [3.8, 4) is 0 Å². The van der Waals surface area contributed by atoms with Crippen LogP contribution in [0.1, 0.15) is 36.9 Å². The zero-order valence-electron chi connectivity index (χ0n) is 15.6. The molecule has 0 spiro atoms. The maximum atomic E-state index is 12.7. The van der Waals surface area contributed by atoms with Crippen molar-refractivity contribution in [2.75, 3.05) is 10.6 Å². The summed E-state index contributed by atoms with van der Waals surface area (Å²) in [6.45, 7) is 3.74. The number of rotatable bonds is 6. The molecule has 5 nitrogen and oxygen atoms in total. The van der Waals surface area contributed by atoms with E-state index in [0.717, 1.165) is 24.0 Å². The molecule has 2 amide bonds. The van der Waals surface area contributed by atoms with Crippen molar-refractivity contribution in [1.82, 2.24) is 0 Å². The fourth-order valence-electron chi connectivity index (χ4n) is 2.80. The van der Waals surface area contributed by atoms with Crippen molar-refractivity contribution in [2.45, 2.75) is 32.7 Å². The number of hydrogen-bond acceptors (Lipinski definition) is 3. The first-order valence-corrected chi connectivity index (χ1v) is 8.98. The average molecular weight is 388 g/mol. The number of nitrogens with two attached hydrogens (primary N) is 1. The van der Waals surface area contributed by atoms with Crippen LogP contribution < -0.4 is 16.4 Å². The Morgan fingerprint density at radius 3 is 2.37 bits per heavy atom. The third-order valence-corrected chi connectivity index (χ3v) is 4.85. The summed E-state index contributed by atoms with van der Waals surface area (Å²) in [5, 5.41) is 5.86. The Kier molecular flexibility index (Phi) is 6.99. The van der Waals surface area contributed by atoms with Gasteiger partial charge in [0.2, 0.25) is 11.8 Å². The van der Waals surface area contributed by atoms with E-state index in [1.807, 2.05) is 56.3 Å². The second-order valence-electron chi connectivity index (χ2n) is 7.01. The van der Waals surface area contributed by atoms with Gasteiger partial charge in [0.15, 0.2) is 0 Å². The lowest BCUT2D eigenvalue weighted by molar-refractivity contribution is -0.120. The molecule has 1 aliphatic carbocycles. The third-order valence-electron chi connectivity index (χ3n) is 4.85. The summed E-state index contributed by atoms with van der Waals surface area (Å²) in [4.78, 5) is 24.6. The molecule has 0 aliphatic heterocycles. The van der Waals surface area contributed by atoms with Crippen molar-refractivity contribution < 1.29 is 9.59 Å². The predicted molar refractivity (Wildman–Crippen MR) is 111 cm³/mol. The number of hydrogen-bond donors (Lipinski definition) is 3. The van der Waals surface area contributed by atoms with Crippen molar-refractivity contribution >= 4 is 35.6 Å². The van der Waals surface area contributed by atoms with Gasteiger partial charge in [-0.2, -0.15) is 0 Å². The molecule has 1 fully saturated rings. The van der Waals surface area contributed by atoms with E-state index in [0.29, 0.717) is 11.4 Å². The summed E-state index contributed by atoms with van der Waals surface area (Å²) >= 11 is 0. The molecular weight excluding hydrogens is 362 g/mol. The highest BCUT2D eigenvalue weighted by Crippen LogP contribution is 2.31. The second-order valence-corrected chi connectivity index (χ2v) is 7.01. The monoisotopic (exact) mass is 387 g/mol. The number of amides is 2. The molecule has 0 saturated heterocycles. The lowest BCUT2D eigenvalue weighted by Gasteiger charge is -2.20. The Bertz CT molecular complexity index is 806. The van der Waals surface area contributed by atoms with E-state index in [1.165, 1.54) is 0 Å². The molecule has 144 valence electrons. The number of halogens is 1. The normalized spacial score (nSPS) is 15.2. The molecule has 0 aromatic heterocycles. The minimum atomic E-state index is -0.387. The fraction of sp³-hybridized carbons (Fsp3) is 0.333. The van der Waals surface area contributed by atoms with Crippen LogP contribution in [-0.2, 0) is 9.59 Å². The van der Waals surface area contributed by atoms with Crippen LogP contribution in [-0.4, -0.2) is 11.8 Å². The maximum absolute atomic E-state index is 12.7. The summed E-state index contributed by atoms with van der Waals surface area (Å²) in [5.74, 6) is -0.347. The molecule has 0 radical (unpaired) electrons. The smallest absolute Gasteiger partial charge is 0.229 e. The SMILES string of the molecule is Cc1ccc(NC(=O)C2CC2)cc1NC(=O)C(C)C(N)c1ccccc1.Cl. The molecule has 1 aliphatic rings. The molecule has 4 N–H and O–H groups in total. The fourth-order valence-corrected chi connectivity index (χ4v) is 2.80. The number of nitrogens with one attached hydrogen (secondary N) is 2. The van der Waals surface area contributed by atoms with E-state index < -0.39 is 0 Å². The number of aryl methyl sites for hydroxylation is 1. The molecule has 2 unspecified atom stereocenters. The van der Waals surface area contributed by atoms with Gasteiger partial charge in [-0.05, 0) is 43.0 Å². The highest BCUT2D eigenvalue weighted by molar-refractivity contribution is 5.97. The summed E-state index contributed by atoms with van der Waals surface area (Å²) in [6.07, 6.45) is 1.91. The van der Waals surface area contributed by atoms with Crippen molar-refractivity contribution in [2.24, 2.45) is 17.6 Å². The van der Waals surface area contributed by atoms with Crippen LogP contribution in [0.3, 0.4) is 0 Å². The first-order valence-electron chi connectivity index (χ1n) is 8.98. The molecule has 27 heavy (non-hydrogen) atoms. The van der Waals surface area contributed by atoms with E-state index in [9.17, 15) is 9.59 Å². The van der Waals surface area contributed by atoms with Crippen LogP contribution in [0.25, 0.3) is 0 Å². The van der Waals surface area contributed by atoms with E-state index in [1.54, 1.807) is 6.07 Å². The van der Waals surface area contributed by atoms with Gasteiger partial charge in [-0.3, -0.25) is 9.59 Å². The summed E-state index contributed by atoms with van der Waals surface area (Å²) in [7, 11) is 0. The Labute approximate surface area is 166 Å². The maximum Gasteiger partial charge on any atom is 0.229 e. The lowest BCUT2D eigenvalue weighted by Crippen LogP contribution is -2.30. The van der Waals surface area contributed by atoms with Crippen LogP contribution in [0.4, 0.5) is 11.4 Å². The Hall–Kier alpha value is -2.37. The van der Waals surface area contributed by atoms with Crippen LogP contribution in [0, 0.1) is 18.8 Å². The molecule has 1 saturated carbocycles. The summed E-state index contributed by atoms with van der Waals surface area (Å²) in [6, 6.07) is 14.8. The van der Waals surface area contributed by atoms with Gasteiger partial charge in [0.25, 0.3) is 0 Å². The largest absolute Gasteiger partial charge is 0.326 e. The molecule has 6 heteroatoms. The first-order chi connectivity index (χ1) is 12.5.